The molecule has 0 bridgehead atoms. The van der Waals surface area contributed by atoms with Crippen molar-refractivity contribution >= 4 is 11.8 Å². The monoisotopic (exact) mass is 292 g/mol. The van der Waals surface area contributed by atoms with Crippen molar-refractivity contribution in [2.75, 3.05) is 13.1 Å². The molecule has 1 aromatic rings. The molecule has 2 nitrogen and oxygen atoms in total. The van der Waals surface area contributed by atoms with Crippen LogP contribution in [0.25, 0.3) is 0 Å². The Kier molecular flexibility index (Phi) is 5.53. The smallest absolute Gasteiger partial charge is 0.0500 e. The number of nitrogens with zero attached hydrogens (tertiary/aromatic N) is 1. The maximum atomic E-state index is 6.47. The summed E-state index contributed by atoms with van der Waals surface area (Å²) in [6.45, 7) is 11.3. The second-order valence-electron chi connectivity index (χ2n) is 6.14. The third-order valence-electron chi connectivity index (χ3n) is 4.10. The third kappa shape index (κ3) is 3.78. The molecule has 0 aromatic heterocycles. The average Bonchev–Trinajstić information content (AvgIpc) is 2.37. The molecule has 3 heteroatoms. The van der Waals surface area contributed by atoms with Crippen molar-refractivity contribution in [1.29, 1.82) is 0 Å². The minimum absolute atomic E-state index is 0.208. The molecule has 4 unspecified atom stereocenters. The van der Waals surface area contributed by atoms with E-state index in [1.54, 1.807) is 0 Å². The lowest BCUT2D eigenvalue weighted by molar-refractivity contribution is 0.167. The highest BCUT2D eigenvalue weighted by molar-refractivity contribution is 8.00. The Labute approximate surface area is 128 Å². The van der Waals surface area contributed by atoms with Crippen molar-refractivity contribution in [3.05, 3.63) is 35.4 Å². The van der Waals surface area contributed by atoms with Gasteiger partial charge in [-0.3, -0.25) is 4.90 Å². The summed E-state index contributed by atoms with van der Waals surface area (Å²) < 4.78 is 0. The Hall–Kier alpha value is -0.510. The van der Waals surface area contributed by atoms with E-state index in [2.05, 4.69) is 68.6 Å². The van der Waals surface area contributed by atoms with Gasteiger partial charge in [-0.1, -0.05) is 50.6 Å². The van der Waals surface area contributed by atoms with Crippen LogP contribution in [0, 0.1) is 6.92 Å². The predicted molar refractivity (Wildman–Crippen MR) is 90.3 cm³/mol. The van der Waals surface area contributed by atoms with Gasteiger partial charge < -0.3 is 5.73 Å². The summed E-state index contributed by atoms with van der Waals surface area (Å²) in [5, 5.41) is 1.38. The van der Waals surface area contributed by atoms with Gasteiger partial charge in [0.1, 0.15) is 0 Å². The van der Waals surface area contributed by atoms with Crippen LogP contribution < -0.4 is 5.73 Å². The first-order valence-electron chi connectivity index (χ1n) is 7.73. The fraction of sp³-hybridized carbons (Fsp3) is 0.647. The van der Waals surface area contributed by atoms with Crippen LogP contribution in [0.3, 0.4) is 0 Å². The fourth-order valence-electron chi connectivity index (χ4n) is 3.25. The zero-order valence-electron chi connectivity index (χ0n) is 13.2. The summed E-state index contributed by atoms with van der Waals surface area (Å²) in [5.74, 6) is 0. The second-order valence-corrected chi connectivity index (χ2v) is 8.02. The Morgan fingerprint density at radius 2 is 1.95 bits per heavy atom. The molecule has 2 rings (SSSR count). The number of hydrogen-bond acceptors (Lipinski definition) is 3. The summed E-state index contributed by atoms with van der Waals surface area (Å²) in [7, 11) is 0. The number of hydrogen-bond donors (Lipinski definition) is 1. The van der Waals surface area contributed by atoms with E-state index in [0.717, 1.165) is 19.5 Å². The topological polar surface area (TPSA) is 29.3 Å². The van der Waals surface area contributed by atoms with Gasteiger partial charge in [-0.05, 0) is 18.9 Å². The lowest BCUT2D eigenvalue weighted by Gasteiger charge is -2.42. The third-order valence-corrected chi connectivity index (χ3v) is 5.33. The summed E-state index contributed by atoms with van der Waals surface area (Å²) in [6, 6.07) is 9.42. The van der Waals surface area contributed by atoms with Crippen LogP contribution in [-0.4, -0.2) is 34.5 Å². The van der Waals surface area contributed by atoms with E-state index in [4.69, 9.17) is 5.73 Å². The summed E-state index contributed by atoms with van der Waals surface area (Å²) in [5.41, 5.74) is 9.18. The fourth-order valence-corrected chi connectivity index (χ4v) is 4.60. The molecule has 1 saturated heterocycles. The van der Waals surface area contributed by atoms with Gasteiger partial charge >= 0.3 is 0 Å². The molecule has 0 aliphatic carbocycles. The number of nitrogens with two attached hydrogens (primary N) is 1. The molecular weight excluding hydrogens is 264 g/mol. The quantitative estimate of drug-likeness (QED) is 0.919. The number of rotatable bonds is 4. The van der Waals surface area contributed by atoms with Crippen molar-refractivity contribution in [2.24, 2.45) is 5.73 Å². The molecule has 0 amide bonds. The van der Waals surface area contributed by atoms with Gasteiger partial charge in [-0.25, -0.2) is 0 Å². The predicted octanol–water partition coefficient (Wildman–Crippen LogP) is 3.60. The van der Waals surface area contributed by atoms with Gasteiger partial charge in [0.2, 0.25) is 0 Å². The van der Waals surface area contributed by atoms with E-state index in [0.29, 0.717) is 16.5 Å². The molecule has 0 radical (unpaired) electrons. The molecule has 1 aliphatic rings. The Morgan fingerprint density at radius 3 is 2.50 bits per heavy atom. The van der Waals surface area contributed by atoms with E-state index in [9.17, 15) is 0 Å². The summed E-state index contributed by atoms with van der Waals surface area (Å²) >= 11 is 2.10. The molecule has 112 valence electrons. The molecule has 0 spiro atoms. The van der Waals surface area contributed by atoms with Crippen molar-refractivity contribution in [3.8, 4) is 0 Å². The van der Waals surface area contributed by atoms with Gasteiger partial charge in [-0.15, -0.1) is 0 Å². The second kappa shape index (κ2) is 6.97. The molecular formula is C17H28N2S. The first kappa shape index (κ1) is 15.9. The van der Waals surface area contributed by atoms with E-state index < -0.39 is 0 Å². The Balaban J connectivity index is 2.27. The van der Waals surface area contributed by atoms with Gasteiger partial charge in [0.25, 0.3) is 0 Å². The SMILES string of the molecule is CCC(N)C(c1cccc(C)c1)N1CC(C)SC(C)C1. The van der Waals surface area contributed by atoms with Gasteiger partial charge in [-0.2, -0.15) is 11.8 Å². The number of thioether (sulfide) groups is 1. The highest BCUT2D eigenvalue weighted by Gasteiger charge is 2.31. The first-order valence-corrected chi connectivity index (χ1v) is 8.67. The van der Waals surface area contributed by atoms with Crippen LogP contribution in [0.15, 0.2) is 24.3 Å². The normalized spacial score (nSPS) is 27.2. The maximum absolute atomic E-state index is 6.47. The van der Waals surface area contributed by atoms with Crippen LogP contribution in [0.4, 0.5) is 0 Å². The van der Waals surface area contributed by atoms with Gasteiger partial charge in [0.05, 0.1) is 0 Å². The Morgan fingerprint density at radius 1 is 1.30 bits per heavy atom. The molecule has 0 saturated carbocycles. The van der Waals surface area contributed by atoms with Crippen molar-refractivity contribution in [2.45, 2.75) is 56.7 Å². The number of aryl methyl sites for hydroxylation is 1. The lowest BCUT2D eigenvalue weighted by atomic mass is 9.94. The van der Waals surface area contributed by atoms with Crippen molar-refractivity contribution in [1.82, 2.24) is 4.90 Å². The average molecular weight is 292 g/mol. The Bertz CT molecular complexity index is 425. The van der Waals surface area contributed by atoms with Crippen molar-refractivity contribution < 1.29 is 0 Å². The van der Waals surface area contributed by atoms with Gasteiger partial charge in [0.15, 0.2) is 0 Å². The van der Waals surface area contributed by atoms with Crippen LogP contribution in [0.2, 0.25) is 0 Å². The summed E-state index contributed by atoms with van der Waals surface area (Å²) in [6.07, 6.45) is 1.02. The zero-order chi connectivity index (χ0) is 14.7. The maximum Gasteiger partial charge on any atom is 0.0500 e. The van der Waals surface area contributed by atoms with Crippen LogP contribution in [0.1, 0.15) is 44.4 Å². The molecule has 1 aromatic carbocycles. The minimum Gasteiger partial charge on any atom is -0.326 e. The summed E-state index contributed by atoms with van der Waals surface area (Å²) in [4.78, 5) is 2.61. The van der Waals surface area contributed by atoms with E-state index >= 15 is 0 Å². The van der Waals surface area contributed by atoms with Crippen LogP contribution in [0.5, 0.6) is 0 Å². The number of benzene rings is 1. The van der Waals surface area contributed by atoms with Crippen LogP contribution >= 0.6 is 11.8 Å². The first-order chi connectivity index (χ1) is 9.51. The molecule has 1 fully saturated rings. The molecule has 1 aliphatic heterocycles. The highest BCUT2D eigenvalue weighted by Crippen LogP contribution is 2.33. The van der Waals surface area contributed by atoms with E-state index in [-0.39, 0.29) is 6.04 Å². The zero-order valence-corrected chi connectivity index (χ0v) is 14.0. The molecule has 20 heavy (non-hydrogen) atoms. The molecule has 2 N–H and O–H groups in total. The minimum atomic E-state index is 0.208. The molecule has 1 heterocycles. The van der Waals surface area contributed by atoms with Gasteiger partial charge in [0, 0.05) is 35.7 Å². The highest BCUT2D eigenvalue weighted by atomic mass is 32.2. The van der Waals surface area contributed by atoms with Crippen molar-refractivity contribution in [3.63, 3.8) is 0 Å². The molecule has 4 atom stereocenters. The lowest BCUT2D eigenvalue weighted by Crippen LogP contribution is -2.48. The van der Waals surface area contributed by atoms with E-state index in [1.807, 2.05) is 0 Å². The standard InChI is InChI=1S/C17H28N2S/c1-5-16(18)17(15-8-6-7-12(2)9-15)19-10-13(3)20-14(4)11-19/h6-9,13-14,16-17H,5,10-11,18H2,1-4H3. The van der Waals surface area contributed by atoms with E-state index in [1.165, 1.54) is 11.1 Å². The van der Waals surface area contributed by atoms with Crippen LogP contribution in [-0.2, 0) is 0 Å². The largest absolute Gasteiger partial charge is 0.326 e.